The second-order valence-electron chi connectivity index (χ2n) is 5.76. The second kappa shape index (κ2) is 4.34. The topological polar surface area (TPSA) is 50.2 Å². The van der Waals surface area contributed by atoms with Gasteiger partial charge in [-0.1, -0.05) is 43.1 Å². The van der Waals surface area contributed by atoms with Crippen LogP contribution in [0.1, 0.15) is 41.9 Å². The number of carbonyl (C=O) groups is 1. The van der Waals surface area contributed by atoms with Gasteiger partial charge in [-0.3, -0.25) is 4.98 Å². The molecule has 1 aromatic heterocycles. The maximum Gasteiger partial charge on any atom is 0.336 e. The first-order chi connectivity index (χ1) is 9.33. The molecule has 3 nitrogen and oxygen atoms in total. The fourth-order valence-electron chi connectivity index (χ4n) is 2.91. The number of hydrogen-bond donors (Lipinski definition) is 1. The Bertz CT molecular complexity index is 753. The molecule has 1 aromatic carbocycles. The van der Waals surface area contributed by atoms with Crippen LogP contribution in [0.15, 0.2) is 12.1 Å². The maximum atomic E-state index is 11.7. The largest absolute Gasteiger partial charge is 0.478 e. The zero-order chi connectivity index (χ0) is 14.7. The lowest BCUT2D eigenvalue weighted by atomic mass is 9.89. The molecule has 0 atom stereocenters. The predicted octanol–water partition coefficient (Wildman–Crippen LogP) is 4.46. The van der Waals surface area contributed by atoms with Crippen molar-refractivity contribution >= 4 is 40.1 Å². The van der Waals surface area contributed by atoms with Crippen LogP contribution in [-0.2, 0) is 11.8 Å². The summed E-state index contributed by atoms with van der Waals surface area (Å²) in [7, 11) is 0. The average Bonchev–Trinajstić information content (AvgIpc) is 2.67. The molecule has 0 amide bonds. The van der Waals surface area contributed by atoms with E-state index in [9.17, 15) is 9.90 Å². The third-order valence-corrected chi connectivity index (χ3v) is 4.80. The average molecular weight is 310 g/mol. The Labute approximate surface area is 126 Å². The van der Waals surface area contributed by atoms with E-state index in [0.29, 0.717) is 26.5 Å². The lowest BCUT2D eigenvalue weighted by molar-refractivity contribution is 0.0698. The molecule has 1 heterocycles. The number of carboxylic acids is 1. The van der Waals surface area contributed by atoms with Gasteiger partial charge in [-0.25, -0.2) is 4.79 Å². The minimum atomic E-state index is -0.940. The minimum Gasteiger partial charge on any atom is -0.478 e. The fourth-order valence-corrected chi connectivity index (χ4v) is 3.27. The molecule has 2 aromatic rings. The molecule has 0 spiro atoms. The summed E-state index contributed by atoms with van der Waals surface area (Å²) in [5, 5.41) is 10.8. The first-order valence-corrected chi connectivity index (χ1v) is 7.13. The van der Waals surface area contributed by atoms with Crippen LogP contribution in [-0.4, -0.2) is 16.1 Å². The number of rotatable bonds is 1. The van der Waals surface area contributed by atoms with Gasteiger partial charge in [0.05, 0.1) is 26.8 Å². The molecule has 1 aliphatic rings. The van der Waals surface area contributed by atoms with Crippen LogP contribution in [0.3, 0.4) is 0 Å². The second-order valence-corrected chi connectivity index (χ2v) is 6.55. The molecule has 104 valence electrons. The third-order valence-electron chi connectivity index (χ3n) is 4.00. The molecule has 0 aliphatic heterocycles. The van der Waals surface area contributed by atoms with E-state index in [0.717, 1.165) is 24.1 Å². The standard InChI is InChI=1S/C15H13Cl2NO2/c1-15(2)6-5-8-10(14(19)20)7-3-4-9(16)11(17)12(7)18-13(8)15/h3-4H,5-6H2,1-2H3,(H,19,20). The summed E-state index contributed by atoms with van der Waals surface area (Å²) in [6, 6.07) is 3.30. The number of carboxylic acid groups (broad SMARTS) is 1. The number of nitrogens with zero attached hydrogens (tertiary/aromatic N) is 1. The van der Waals surface area contributed by atoms with Crippen molar-refractivity contribution in [3.8, 4) is 0 Å². The molecule has 0 saturated heterocycles. The van der Waals surface area contributed by atoms with Crippen molar-refractivity contribution in [2.24, 2.45) is 0 Å². The Kier molecular flexibility index (Phi) is 2.96. The Morgan fingerprint density at radius 1 is 1.35 bits per heavy atom. The molecular weight excluding hydrogens is 297 g/mol. The van der Waals surface area contributed by atoms with E-state index < -0.39 is 5.97 Å². The van der Waals surface area contributed by atoms with Gasteiger partial charge in [0.1, 0.15) is 0 Å². The van der Waals surface area contributed by atoms with E-state index in [-0.39, 0.29) is 5.41 Å². The van der Waals surface area contributed by atoms with Gasteiger partial charge in [0, 0.05) is 10.8 Å². The molecule has 0 fully saturated rings. The number of hydrogen-bond acceptors (Lipinski definition) is 2. The van der Waals surface area contributed by atoms with E-state index in [4.69, 9.17) is 23.2 Å². The highest BCUT2D eigenvalue weighted by atomic mass is 35.5. The van der Waals surface area contributed by atoms with Crippen molar-refractivity contribution in [1.82, 2.24) is 4.98 Å². The number of aromatic nitrogens is 1. The molecule has 20 heavy (non-hydrogen) atoms. The Morgan fingerprint density at radius 2 is 2.05 bits per heavy atom. The zero-order valence-corrected chi connectivity index (χ0v) is 12.6. The van der Waals surface area contributed by atoms with Crippen LogP contribution in [0.5, 0.6) is 0 Å². The Hall–Kier alpha value is -1.32. The number of pyridine rings is 1. The molecule has 0 unspecified atom stereocenters. The quantitative estimate of drug-likeness (QED) is 0.846. The maximum absolute atomic E-state index is 11.7. The first kappa shape index (κ1) is 13.7. The monoisotopic (exact) mass is 309 g/mol. The van der Waals surface area contributed by atoms with E-state index in [1.54, 1.807) is 12.1 Å². The van der Waals surface area contributed by atoms with Gasteiger partial charge in [-0.2, -0.15) is 0 Å². The number of benzene rings is 1. The number of halogens is 2. The van der Waals surface area contributed by atoms with Crippen molar-refractivity contribution < 1.29 is 9.90 Å². The van der Waals surface area contributed by atoms with Crippen LogP contribution in [0, 0.1) is 0 Å². The van der Waals surface area contributed by atoms with Gasteiger partial charge in [-0.05, 0) is 24.5 Å². The summed E-state index contributed by atoms with van der Waals surface area (Å²) >= 11 is 12.2. The Balaban J connectivity index is 2.51. The van der Waals surface area contributed by atoms with Crippen LogP contribution in [0.2, 0.25) is 10.0 Å². The molecular formula is C15H13Cl2NO2. The SMILES string of the molecule is CC1(C)CCc2c1nc1c(Cl)c(Cl)ccc1c2C(=O)O. The summed E-state index contributed by atoms with van der Waals surface area (Å²) in [6.07, 6.45) is 1.62. The lowest BCUT2D eigenvalue weighted by Crippen LogP contribution is -2.15. The van der Waals surface area contributed by atoms with E-state index in [2.05, 4.69) is 18.8 Å². The number of aromatic carboxylic acids is 1. The van der Waals surface area contributed by atoms with Crippen molar-refractivity contribution in [2.75, 3.05) is 0 Å². The van der Waals surface area contributed by atoms with Crippen LogP contribution >= 0.6 is 23.2 Å². The van der Waals surface area contributed by atoms with E-state index >= 15 is 0 Å². The molecule has 1 N–H and O–H groups in total. The molecule has 1 aliphatic carbocycles. The summed E-state index contributed by atoms with van der Waals surface area (Å²) in [5.74, 6) is -0.940. The summed E-state index contributed by atoms with van der Waals surface area (Å²) < 4.78 is 0. The third kappa shape index (κ3) is 1.80. The van der Waals surface area contributed by atoms with Crippen molar-refractivity contribution in [3.05, 3.63) is 39.0 Å². The molecule has 5 heteroatoms. The highest BCUT2D eigenvalue weighted by Gasteiger charge is 2.36. The van der Waals surface area contributed by atoms with Gasteiger partial charge >= 0.3 is 5.97 Å². The van der Waals surface area contributed by atoms with Crippen molar-refractivity contribution in [1.29, 1.82) is 0 Å². The lowest BCUT2D eigenvalue weighted by Gasteiger charge is -2.19. The van der Waals surface area contributed by atoms with Gasteiger partial charge in [0.2, 0.25) is 0 Å². The van der Waals surface area contributed by atoms with E-state index in [1.165, 1.54) is 0 Å². The highest BCUT2D eigenvalue weighted by Crippen LogP contribution is 2.42. The summed E-state index contributed by atoms with van der Waals surface area (Å²) in [5.41, 5.74) is 2.30. The minimum absolute atomic E-state index is 0.140. The van der Waals surface area contributed by atoms with Crippen molar-refractivity contribution in [3.63, 3.8) is 0 Å². The Morgan fingerprint density at radius 3 is 2.70 bits per heavy atom. The highest BCUT2D eigenvalue weighted by molar-refractivity contribution is 6.45. The van der Waals surface area contributed by atoms with Gasteiger partial charge in [0.15, 0.2) is 0 Å². The van der Waals surface area contributed by atoms with Crippen LogP contribution in [0.4, 0.5) is 0 Å². The smallest absolute Gasteiger partial charge is 0.336 e. The molecule has 0 radical (unpaired) electrons. The summed E-state index contributed by atoms with van der Waals surface area (Å²) in [6.45, 7) is 4.14. The fraction of sp³-hybridized carbons (Fsp3) is 0.333. The molecule has 0 bridgehead atoms. The first-order valence-electron chi connectivity index (χ1n) is 6.37. The normalized spacial score (nSPS) is 16.4. The van der Waals surface area contributed by atoms with Crippen LogP contribution in [0.25, 0.3) is 10.9 Å². The van der Waals surface area contributed by atoms with E-state index in [1.807, 2.05) is 0 Å². The molecule has 0 saturated carbocycles. The number of fused-ring (bicyclic) bond motifs is 2. The predicted molar refractivity (Wildman–Crippen MR) is 80.1 cm³/mol. The summed E-state index contributed by atoms with van der Waals surface area (Å²) in [4.78, 5) is 16.3. The van der Waals surface area contributed by atoms with Gasteiger partial charge in [0.25, 0.3) is 0 Å². The molecule has 3 rings (SSSR count). The van der Waals surface area contributed by atoms with Gasteiger partial charge in [-0.15, -0.1) is 0 Å². The van der Waals surface area contributed by atoms with Crippen LogP contribution < -0.4 is 0 Å². The van der Waals surface area contributed by atoms with Gasteiger partial charge < -0.3 is 5.11 Å². The zero-order valence-electron chi connectivity index (χ0n) is 11.1. The van der Waals surface area contributed by atoms with Crippen molar-refractivity contribution in [2.45, 2.75) is 32.1 Å².